The van der Waals surface area contributed by atoms with Crippen molar-refractivity contribution >= 4 is 0 Å². The van der Waals surface area contributed by atoms with Crippen LogP contribution in [0.3, 0.4) is 0 Å². The molecule has 0 aromatic heterocycles. The molecule has 2 nitrogen and oxygen atoms in total. The van der Waals surface area contributed by atoms with E-state index in [4.69, 9.17) is 4.74 Å². The van der Waals surface area contributed by atoms with E-state index in [0.29, 0.717) is 5.92 Å². The molecule has 1 aromatic carbocycles. The Balaban J connectivity index is 1.77. The van der Waals surface area contributed by atoms with Crippen LogP contribution in [-0.2, 0) is 4.74 Å². The maximum absolute atomic E-state index is 10.5. The number of rotatable bonds is 5. The van der Waals surface area contributed by atoms with Crippen molar-refractivity contribution in [1.82, 2.24) is 0 Å². The van der Waals surface area contributed by atoms with Gasteiger partial charge in [-0.2, -0.15) is 0 Å². The molecule has 0 spiro atoms. The summed E-state index contributed by atoms with van der Waals surface area (Å²) in [6.07, 6.45) is 5.84. The molecule has 2 heteroatoms. The second-order valence-corrected chi connectivity index (χ2v) is 5.78. The van der Waals surface area contributed by atoms with Crippen molar-refractivity contribution in [2.24, 2.45) is 5.92 Å². The quantitative estimate of drug-likeness (QED) is 0.862. The van der Waals surface area contributed by atoms with E-state index < -0.39 is 6.10 Å². The maximum Gasteiger partial charge on any atom is 0.105 e. The lowest BCUT2D eigenvalue weighted by Crippen LogP contribution is -2.23. The van der Waals surface area contributed by atoms with Crippen molar-refractivity contribution in [3.63, 3.8) is 0 Å². The smallest absolute Gasteiger partial charge is 0.105 e. The first-order valence-corrected chi connectivity index (χ1v) is 7.10. The fraction of sp³-hybridized carbons (Fsp3) is 0.625. The van der Waals surface area contributed by atoms with Gasteiger partial charge >= 0.3 is 0 Å². The molecule has 1 aromatic rings. The molecule has 0 aliphatic heterocycles. The highest BCUT2D eigenvalue weighted by Gasteiger charge is 2.36. The monoisotopic (exact) mass is 246 g/mol. The van der Waals surface area contributed by atoms with Gasteiger partial charge in [0.25, 0.3) is 0 Å². The van der Waals surface area contributed by atoms with Crippen LogP contribution in [0, 0.1) is 5.92 Å². The van der Waals surface area contributed by atoms with Gasteiger partial charge in [-0.1, -0.05) is 30.7 Å². The molecule has 0 amide bonds. The van der Waals surface area contributed by atoms with E-state index in [1.165, 1.54) is 37.7 Å². The predicted molar refractivity (Wildman–Crippen MR) is 71.5 cm³/mol. The first kappa shape index (κ1) is 12.2. The minimum absolute atomic E-state index is 0.0263. The second-order valence-electron chi connectivity index (χ2n) is 5.78. The summed E-state index contributed by atoms with van der Waals surface area (Å²) in [4.78, 5) is 0. The van der Waals surface area contributed by atoms with Crippen LogP contribution in [0.25, 0.3) is 0 Å². The Kier molecular flexibility index (Phi) is 3.40. The van der Waals surface area contributed by atoms with Crippen LogP contribution in [0.4, 0.5) is 0 Å². The highest BCUT2D eigenvalue weighted by molar-refractivity contribution is 5.29. The van der Waals surface area contributed by atoms with Crippen LogP contribution in [0.2, 0.25) is 0 Å². The maximum atomic E-state index is 10.5. The lowest BCUT2D eigenvalue weighted by atomic mass is 9.79. The Labute approximate surface area is 109 Å². The zero-order valence-corrected chi connectivity index (χ0v) is 11.0. The van der Waals surface area contributed by atoms with Gasteiger partial charge in [-0.05, 0) is 48.6 Å². The molecular weight excluding hydrogens is 224 g/mol. The van der Waals surface area contributed by atoms with Gasteiger partial charge in [-0.25, -0.2) is 0 Å². The van der Waals surface area contributed by atoms with E-state index >= 15 is 0 Å². The first-order chi connectivity index (χ1) is 8.79. The Morgan fingerprint density at radius 3 is 2.56 bits per heavy atom. The summed E-state index contributed by atoms with van der Waals surface area (Å²) in [6.45, 7) is 0. The van der Waals surface area contributed by atoms with Crippen LogP contribution in [0.15, 0.2) is 24.3 Å². The molecule has 0 bridgehead atoms. The number of ether oxygens (including phenoxy) is 1. The summed E-state index contributed by atoms with van der Waals surface area (Å²) in [5.41, 5.74) is 2.42. The van der Waals surface area contributed by atoms with E-state index in [9.17, 15) is 5.11 Å². The topological polar surface area (TPSA) is 29.5 Å². The normalized spacial score (nSPS) is 23.4. The molecule has 0 radical (unpaired) electrons. The molecule has 0 heterocycles. The lowest BCUT2D eigenvalue weighted by molar-refractivity contribution is -0.0259. The van der Waals surface area contributed by atoms with Gasteiger partial charge in [-0.3, -0.25) is 0 Å². The van der Waals surface area contributed by atoms with Crippen LogP contribution in [-0.4, -0.2) is 18.3 Å². The Bertz CT molecular complexity index is 407. The molecular formula is C16H22O2. The Hall–Kier alpha value is -0.860. The van der Waals surface area contributed by atoms with Gasteiger partial charge in [0.15, 0.2) is 0 Å². The van der Waals surface area contributed by atoms with Crippen LogP contribution < -0.4 is 0 Å². The van der Waals surface area contributed by atoms with Gasteiger partial charge in [-0.15, -0.1) is 0 Å². The minimum Gasteiger partial charge on any atom is -0.386 e. The van der Waals surface area contributed by atoms with Crippen molar-refractivity contribution in [3.05, 3.63) is 35.4 Å². The third kappa shape index (κ3) is 2.32. The number of hydrogen-bond donors (Lipinski definition) is 1. The lowest BCUT2D eigenvalue weighted by Gasteiger charge is -2.27. The molecule has 98 valence electrons. The van der Waals surface area contributed by atoms with Gasteiger partial charge < -0.3 is 9.84 Å². The summed E-state index contributed by atoms with van der Waals surface area (Å²) in [5, 5.41) is 10.5. The van der Waals surface area contributed by atoms with Crippen molar-refractivity contribution < 1.29 is 9.84 Å². The van der Waals surface area contributed by atoms with Crippen LogP contribution in [0.1, 0.15) is 55.3 Å². The zero-order valence-electron chi connectivity index (χ0n) is 11.0. The highest BCUT2D eigenvalue weighted by atomic mass is 16.5. The molecule has 2 saturated carbocycles. The van der Waals surface area contributed by atoms with Crippen molar-refractivity contribution in [1.29, 1.82) is 0 Å². The predicted octanol–water partition coefficient (Wildman–Crippen LogP) is 3.41. The van der Waals surface area contributed by atoms with Gasteiger partial charge in [0.1, 0.15) is 6.10 Å². The van der Waals surface area contributed by atoms with E-state index in [1.54, 1.807) is 7.11 Å². The molecule has 18 heavy (non-hydrogen) atoms. The zero-order chi connectivity index (χ0) is 12.5. The fourth-order valence-corrected chi connectivity index (χ4v) is 2.93. The molecule has 2 aliphatic rings. The van der Waals surface area contributed by atoms with Crippen molar-refractivity contribution in [2.75, 3.05) is 7.11 Å². The van der Waals surface area contributed by atoms with Crippen molar-refractivity contribution in [2.45, 2.75) is 50.2 Å². The Morgan fingerprint density at radius 2 is 2.00 bits per heavy atom. The second kappa shape index (κ2) is 5.02. The molecule has 2 atom stereocenters. The number of methoxy groups -OCH3 is 1. The van der Waals surface area contributed by atoms with E-state index in [-0.39, 0.29) is 6.10 Å². The summed E-state index contributed by atoms with van der Waals surface area (Å²) < 4.78 is 5.48. The van der Waals surface area contributed by atoms with Crippen LogP contribution in [0.5, 0.6) is 0 Å². The van der Waals surface area contributed by atoms with Gasteiger partial charge in [0.05, 0.1) is 6.10 Å². The summed E-state index contributed by atoms with van der Waals surface area (Å²) >= 11 is 0. The fourth-order valence-electron chi connectivity index (χ4n) is 2.93. The summed E-state index contributed by atoms with van der Waals surface area (Å²) in [7, 11) is 1.71. The SMILES string of the molecule is COC(C1CC1)C(O)c1cccc(C2CCC2)c1. The van der Waals surface area contributed by atoms with E-state index in [1.807, 2.05) is 6.07 Å². The van der Waals surface area contributed by atoms with Crippen molar-refractivity contribution in [3.8, 4) is 0 Å². The van der Waals surface area contributed by atoms with Crippen LogP contribution >= 0.6 is 0 Å². The first-order valence-electron chi connectivity index (χ1n) is 7.10. The third-order valence-corrected chi connectivity index (χ3v) is 4.50. The minimum atomic E-state index is -0.470. The highest BCUT2D eigenvalue weighted by Crippen LogP contribution is 2.41. The van der Waals surface area contributed by atoms with E-state index in [0.717, 1.165) is 11.5 Å². The average molecular weight is 246 g/mol. The molecule has 2 unspecified atom stereocenters. The van der Waals surface area contributed by atoms with E-state index in [2.05, 4.69) is 18.2 Å². The Morgan fingerprint density at radius 1 is 1.22 bits per heavy atom. The largest absolute Gasteiger partial charge is 0.386 e. The molecule has 1 N–H and O–H groups in total. The number of benzene rings is 1. The number of hydrogen-bond acceptors (Lipinski definition) is 2. The standard InChI is InChI=1S/C16H22O2/c1-18-16(12-8-9-12)15(17)14-7-3-6-13(10-14)11-4-2-5-11/h3,6-7,10-12,15-17H,2,4-5,8-9H2,1H3. The van der Waals surface area contributed by atoms with Gasteiger partial charge in [0, 0.05) is 7.11 Å². The molecule has 2 aliphatic carbocycles. The number of aliphatic hydroxyl groups excluding tert-OH is 1. The summed E-state index contributed by atoms with van der Waals surface area (Å²) in [6, 6.07) is 8.48. The molecule has 3 rings (SSSR count). The number of aliphatic hydroxyl groups is 1. The third-order valence-electron chi connectivity index (χ3n) is 4.50. The summed E-state index contributed by atoms with van der Waals surface area (Å²) in [5.74, 6) is 1.27. The average Bonchev–Trinajstić information content (AvgIpc) is 3.12. The van der Waals surface area contributed by atoms with Gasteiger partial charge in [0.2, 0.25) is 0 Å². The molecule has 2 fully saturated rings. The molecule has 0 saturated heterocycles.